The summed E-state index contributed by atoms with van der Waals surface area (Å²) in [5.74, 6) is 0.317. The zero-order valence-corrected chi connectivity index (χ0v) is 21.8. The van der Waals surface area contributed by atoms with Crippen LogP contribution in [0.25, 0.3) is 10.8 Å². The Kier molecular flexibility index (Phi) is 8.80. The van der Waals surface area contributed by atoms with Gasteiger partial charge in [-0.2, -0.15) is 0 Å². The van der Waals surface area contributed by atoms with Crippen LogP contribution in [0.15, 0.2) is 71.2 Å². The summed E-state index contributed by atoms with van der Waals surface area (Å²) in [5, 5.41) is 5.29. The van der Waals surface area contributed by atoms with Crippen LogP contribution in [0.1, 0.15) is 44.6 Å². The number of fused-ring (bicyclic) bond motifs is 1. The lowest BCUT2D eigenvalue weighted by Gasteiger charge is -2.31. The maximum Gasteiger partial charge on any atom is 0.261 e. The predicted molar refractivity (Wildman–Crippen MR) is 143 cm³/mol. The molecule has 3 aromatic carbocycles. The highest BCUT2D eigenvalue weighted by Gasteiger charge is 2.28. The van der Waals surface area contributed by atoms with Crippen molar-refractivity contribution in [2.24, 2.45) is 0 Å². The second kappa shape index (κ2) is 12.2. The molecule has 1 atom stereocenters. The number of carbonyl (C=O) groups excluding carboxylic acids is 2. The molecule has 0 aromatic heterocycles. The van der Waals surface area contributed by atoms with Crippen LogP contribution in [0.4, 0.5) is 0 Å². The van der Waals surface area contributed by atoms with Gasteiger partial charge >= 0.3 is 0 Å². The van der Waals surface area contributed by atoms with Crippen LogP contribution < -0.4 is 10.1 Å². The van der Waals surface area contributed by atoms with E-state index in [0.29, 0.717) is 18.7 Å². The lowest BCUT2D eigenvalue weighted by molar-refractivity contribution is -0.141. The van der Waals surface area contributed by atoms with E-state index in [4.69, 9.17) is 4.74 Å². The van der Waals surface area contributed by atoms with E-state index >= 15 is 0 Å². The summed E-state index contributed by atoms with van der Waals surface area (Å²) in [6.07, 6.45) is 6.21. The summed E-state index contributed by atoms with van der Waals surface area (Å²) in [6, 6.07) is 21.5. The molecule has 5 nitrogen and oxygen atoms in total. The van der Waals surface area contributed by atoms with Gasteiger partial charge in [0.05, 0.1) is 4.47 Å². The van der Waals surface area contributed by atoms with Gasteiger partial charge in [-0.05, 0) is 64.5 Å². The smallest absolute Gasteiger partial charge is 0.261 e. The number of amides is 2. The average Bonchev–Trinajstić information content (AvgIpc) is 2.89. The van der Waals surface area contributed by atoms with Crippen LogP contribution in [0, 0.1) is 0 Å². The maximum absolute atomic E-state index is 13.4. The molecular formula is C29H33BrN2O3. The van der Waals surface area contributed by atoms with Gasteiger partial charge in [-0.15, -0.1) is 0 Å². The molecular weight excluding hydrogens is 504 g/mol. The van der Waals surface area contributed by atoms with Crippen molar-refractivity contribution >= 4 is 38.5 Å². The second-order valence-corrected chi connectivity index (χ2v) is 10.0. The summed E-state index contributed by atoms with van der Waals surface area (Å²) in [4.78, 5) is 28.1. The number of carbonyl (C=O) groups is 2. The monoisotopic (exact) mass is 536 g/mol. The van der Waals surface area contributed by atoms with E-state index in [-0.39, 0.29) is 24.5 Å². The third-order valence-electron chi connectivity index (χ3n) is 6.78. The zero-order chi connectivity index (χ0) is 24.6. The summed E-state index contributed by atoms with van der Waals surface area (Å²) in [7, 11) is 0. The number of ether oxygens (including phenoxy) is 1. The van der Waals surface area contributed by atoms with Crippen molar-refractivity contribution in [1.82, 2.24) is 10.2 Å². The van der Waals surface area contributed by atoms with Crippen LogP contribution in [-0.2, 0) is 16.0 Å². The van der Waals surface area contributed by atoms with Crippen molar-refractivity contribution in [3.63, 3.8) is 0 Å². The molecule has 4 rings (SSSR count). The summed E-state index contributed by atoms with van der Waals surface area (Å²) >= 11 is 3.62. The van der Waals surface area contributed by atoms with Gasteiger partial charge in [0.15, 0.2) is 6.61 Å². The van der Waals surface area contributed by atoms with Gasteiger partial charge in [0.2, 0.25) is 5.91 Å². The fraction of sp³-hybridized carbons (Fsp3) is 0.379. The van der Waals surface area contributed by atoms with Crippen LogP contribution in [0.3, 0.4) is 0 Å². The number of hydrogen-bond acceptors (Lipinski definition) is 3. The van der Waals surface area contributed by atoms with Gasteiger partial charge in [-0.25, -0.2) is 0 Å². The normalized spacial score (nSPS) is 14.9. The standard InChI is InChI=1S/C29H33BrN2O3/c1-21(29(34)31-24-13-6-3-7-14-24)32(19-18-22-10-4-2-5-11-22)27(33)20-35-26-17-16-23-12-8-9-15-25(23)28(26)30/h2,4-5,8-12,15-17,21,24H,3,6-7,13-14,18-20H2,1H3,(H,31,34)/t21-/m0/s1. The van der Waals surface area contributed by atoms with E-state index < -0.39 is 6.04 Å². The fourth-order valence-electron chi connectivity index (χ4n) is 4.69. The van der Waals surface area contributed by atoms with Crippen LogP contribution >= 0.6 is 15.9 Å². The lowest BCUT2D eigenvalue weighted by atomic mass is 9.95. The quantitative estimate of drug-likeness (QED) is 0.371. The number of benzene rings is 3. The number of nitrogens with one attached hydrogen (secondary N) is 1. The average molecular weight is 537 g/mol. The van der Waals surface area contributed by atoms with E-state index in [1.54, 1.807) is 4.90 Å². The van der Waals surface area contributed by atoms with E-state index in [0.717, 1.165) is 46.5 Å². The molecule has 0 aliphatic heterocycles. The minimum Gasteiger partial charge on any atom is -0.483 e. The molecule has 1 aliphatic carbocycles. The topological polar surface area (TPSA) is 58.6 Å². The Bertz CT molecular complexity index is 1150. The first-order valence-corrected chi connectivity index (χ1v) is 13.3. The molecule has 0 heterocycles. The molecule has 0 bridgehead atoms. The summed E-state index contributed by atoms with van der Waals surface area (Å²) in [5.41, 5.74) is 1.13. The number of halogens is 1. The highest BCUT2D eigenvalue weighted by molar-refractivity contribution is 9.10. The van der Waals surface area contributed by atoms with E-state index in [1.165, 1.54) is 6.42 Å². The van der Waals surface area contributed by atoms with Gasteiger partial charge < -0.3 is 15.0 Å². The van der Waals surface area contributed by atoms with Gasteiger partial charge in [0, 0.05) is 12.6 Å². The molecule has 0 spiro atoms. The predicted octanol–water partition coefficient (Wildman–Crippen LogP) is 5.89. The van der Waals surface area contributed by atoms with Gasteiger partial charge in [0.25, 0.3) is 5.91 Å². The van der Waals surface area contributed by atoms with Gasteiger partial charge in [0.1, 0.15) is 11.8 Å². The van der Waals surface area contributed by atoms with Crippen molar-refractivity contribution in [3.8, 4) is 5.75 Å². The first-order chi connectivity index (χ1) is 17.0. The van der Waals surface area contributed by atoms with Crippen molar-refractivity contribution in [1.29, 1.82) is 0 Å². The van der Waals surface area contributed by atoms with Crippen molar-refractivity contribution in [3.05, 3.63) is 76.8 Å². The van der Waals surface area contributed by atoms with Crippen molar-refractivity contribution in [2.45, 2.75) is 57.5 Å². The molecule has 1 aliphatic rings. The maximum atomic E-state index is 13.4. The molecule has 1 saturated carbocycles. The van der Waals surface area contributed by atoms with Gasteiger partial charge in [-0.1, -0.05) is 79.9 Å². The molecule has 2 amide bonds. The Labute approximate surface area is 216 Å². The number of hydrogen-bond donors (Lipinski definition) is 1. The first kappa shape index (κ1) is 25.2. The SMILES string of the molecule is C[C@@H](C(=O)NC1CCCCC1)N(CCc1ccccc1)C(=O)COc1ccc2ccccc2c1Br. The Morgan fingerprint density at radius 3 is 2.49 bits per heavy atom. The summed E-state index contributed by atoms with van der Waals surface area (Å²) in [6.45, 7) is 2.13. The molecule has 35 heavy (non-hydrogen) atoms. The highest BCUT2D eigenvalue weighted by atomic mass is 79.9. The Morgan fingerprint density at radius 1 is 1.00 bits per heavy atom. The molecule has 1 N–H and O–H groups in total. The molecule has 0 saturated heterocycles. The molecule has 1 fully saturated rings. The summed E-state index contributed by atoms with van der Waals surface area (Å²) < 4.78 is 6.77. The molecule has 0 radical (unpaired) electrons. The molecule has 6 heteroatoms. The minimum atomic E-state index is -0.572. The fourth-order valence-corrected chi connectivity index (χ4v) is 5.29. The Hall–Kier alpha value is -2.86. The van der Waals surface area contributed by atoms with Crippen molar-refractivity contribution in [2.75, 3.05) is 13.2 Å². The lowest BCUT2D eigenvalue weighted by Crippen LogP contribution is -2.52. The largest absolute Gasteiger partial charge is 0.483 e. The minimum absolute atomic E-state index is 0.0924. The van der Waals surface area contributed by atoms with Gasteiger partial charge in [-0.3, -0.25) is 9.59 Å². The Balaban J connectivity index is 1.45. The molecule has 0 unspecified atom stereocenters. The third kappa shape index (κ3) is 6.63. The first-order valence-electron chi connectivity index (χ1n) is 12.5. The zero-order valence-electron chi connectivity index (χ0n) is 20.2. The van der Waals surface area contributed by atoms with Crippen LogP contribution in [0.2, 0.25) is 0 Å². The number of rotatable bonds is 9. The highest BCUT2D eigenvalue weighted by Crippen LogP contribution is 2.33. The Morgan fingerprint density at radius 2 is 1.71 bits per heavy atom. The van der Waals surface area contributed by atoms with E-state index in [9.17, 15) is 9.59 Å². The second-order valence-electron chi connectivity index (χ2n) is 9.23. The van der Waals surface area contributed by atoms with Crippen molar-refractivity contribution < 1.29 is 14.3 Å². The molecule has 3 aromatic rings. The third-order valence-corrected chi connectivity index (χ3v) is 7.60. The number of nitrogens with zero attached hydrogens (tertiary/aromatic N) is 1. The molecule has 184 valence electrons. The van der Waals surface area contributed by atoms with Crippen LogP contribution in [-0.4, -0.2) is 41.9 Å². The van der Waals surface area contributed by atoms with E-state index in [2.05, 4.69) is 21.2 Å². The van der Waals surface area contributed by atoms with Crippen LogP contribution in [0.5, 0.6) is 5.75 Å². The van der Waals surface area contributed by atoms with E-state index in [1.807, 2.05) is 73.7 Å².